The van der Waals surface area contributed by atoms with Gasteiger partial charge in [-0.2, -0.15) is 8.75 Å². The van der Waals surface area contributed by atoms with E-state index in [-0.39, 0.29) is 6.04 Å². The number of aromatic nitrogens is 2. The summed E-state index contributed by atoms with van der Waals surface area (Å²) >= 11 is 6.94. The Bertz CT molecular complexity index is 500. The molecule has 0 radical (unpaired) electrons. The average molecular weight is 284 g/mol. The standard InChI is InChI=1S/C12H14ClN3OS/c1-8-3-5-10(6-4-8)17-7-9(2)14-12-11(13)15-18-16-12/h3-6,9H,7H2,1-2H3,(H,14,16). The van der Waals surface area contributed by atoms with Gasteiger partial charge in [0.25, 0.3) is 0 Å². The Balaban J connectivity index is 1.83. The lowest BCUT2D eigenvalue weighted by molar-refractivity contribution is 0.304. The summed E-state index contributed by atoms with van der Waals surface area (Å²) in [5, 5.41) is 3.56. The number of hydrogen-bond acceptors (Lipinski definition) is 5. The summed E-state index contributed by atoms with van der Waals surface area (Å²) in [6.07, 6.45) is 0. The molecule has 96 valence electrons. The SMILES string of the molecule is Cc1ccc(OCC(C)Nc2nsnc2Cl)cc1. The van der Waals surface area contributed by atoms with E-state index in [9.17, 15) is 0 Å². The lowest BCUT2D eigenvalue weighted by Crippen LogP contribution is -2.23. The molecule has 2 rings (SSSR count). The van der Waals surface area contributed by atoms with Gasteiger partial charge in [0.05, 0.1) is 17.8 Å². The van der Waals surface area contributed by atoms with Crippen LogP contribution in [0.15, 0.2) is 24.3 Å². The minimum Gasteiger partial charge on any atom is -0.491 e. The van der Waals surface area contributed by atoms with Gasteiger partial charge in [0.2, 0.25) is 0 Å². The summed E-state index contributed by atoms with van der Waals surface area (Å²) in [6.45, 7) is 4.59. The van der Waals surface area contributed by atoms with Crippen molar-refractivity contribution in [3.05, 3.63) is 35.0 Å². The van der Waals surface area contributed by atoms with Gasteiger partial charge in [-0.05, 0) is 26.0 Å². The average Bonchev–Trinajstić information content (AvgIpc) is 2.74. The number of nitrogens with one attached hydrogen (secondary N) is 1. The molecule has 1 heterocycles. The maximum atomic E-state index is 5.85. The van der Waals surface area contributed by atoms with Crippen LogP contribution in [0.25, 0.3) is 0 Å². The van der Waals surface area contributed by atoms with E-state index in [1.807, 2.05) is 38.1 Å². The molecule has 4 nitrogen and oxygen atoms in total. The fourth-order valence-electron chi connectivity index (χ4n) is 1.39. The minimum absolute atomic E-state index is 0.104. The topological polar surface area (TPSA) is 47.0 Å². The number of anilines is 1. The first-order valence-corrected chi connectivity index (χ1v) is 6.70. The van der Waals surface area contributed by atoms with Gasteiger partial charge in [-0.1, -0.05) is 29.3 Å². The molecule has 6 heteroatoms. The van der Waals surface area contributed by atoms with Crippen molar-refractivity contribution in [3.8, 4) is 5.75 Å². The molecule has 2 aromatic rings. The van der Waals surface area contributed by atoms with E-state index < -0.39 is 0 Å². The van der Waals surface area contributed by atoms with E-state index >= 15 is 0 Å². The summed E-state index contributed by atoms with van der Waals surface area (Å²) in [5.41, 5.74) is 1.22. The highest BCUT2D eigenvalue weighted by molar-refractivity contribution is 6.99. The van der Waals surface area contributed by atoms with Crippen LogP contribution in [0.5, 0.6) is 5.75 Å². The molecule has 1 aromatic carbocycles. The van der Waals surface area contributed by atoms with Gasteiger partial charge in [0, 0.05) is 0 Å². The summed E-state index contributed by atoms with van der Waals surface area (Å²) in [5.74, 6) is 1.47. The Labute approximate surface area is 115 Å². The highest BCUT2D eigenvalue weighted by Gasteiger charge is 2.09. The highest BCUT2D eigenvalue weighted by Crippen LogP contribution is 2.19. The third-order valence-electron chi connectivity index (χ3n) is 2.35. The second-order valence-corrected chi connectivity index (χ2v) is 4.96. The molecule has 0 aliphatic heterocycles. The normalized spacial score (nSPS) is 12.2. The molecule has 0 aliphatic rings. The van der Waals surface area contributed by atoms with Crippen molar-refractivity contribution in [2.75, 3.05) is 11.9 Å². The van der Waals surface area contributed by atoms with Crippen LogP contribution in [0.2, 0.25) is 5.15 Å². The molecule has 1 N–H and O–H groups in total. The molecule has 0 bridgehead atoms. The van der Waals surface area contributed by atoms with Gasteiger partial charge in [-0.25, -0.2) is 0 Å². The monoisotopic (exact) mass is 283 g/mol. The first-order chi connectivity index (χ1) is 8.65. The molecule has 0 fully saturated rings. The van der Waals surface area contributed by atoms with E-state index in [0.717, 1.165) is 17.5 Å². The molecule has 1 unspecified atom stereocenters. The molecule has 0 amide bonds. The van der Waals surface area contributed by atoms with Gasteiger partial charge in [-0.3, -0.25) is 0 Å². The largest absolute Gasteiger partial charge is 0.491 e. The number of rotatable bonds is 5. The van der Waals surface area contributed by atoms with Crippen molar-refractivity contribution < 1.29 is 4.74 Å². The molecule has 0 saturated carbocycles. The van der Waals surface area contributed by atoms with E-state index in [1.54, 1.807) is 0 Å². The van der Waals surface area contributed by atoms with Crippen molar-refractivity contribution >= 4 is 29.1 Å². The van der Waals surface area contributed by atoms with E-state index in [2.05, 4.69) is 14.1 Å². The predicted octanol–water partition coefficient (Wildman–Crippen LogP) is 3.38. The molecule has 1 aromatic heterocycles. The molecule has 0 saturated heterocycles. The Kier molecular flexibility index (Phi) is 4.38. The lowest BCUT2D eigenvalue weighted by Gasteiger charge is -2.14. The third-order valence-corrected chi connectivity index (χ3v) is 3.24. The molecule has 0 spiro atoms. The molecule has 18 heavy (non-hydrogen) atoms. The maximum Gasteiger partial charge on any atom is 0.186 e. The number of halogens is 1. The van der Waals surface area contributed by atoms with Crippen molar-refractivity contribution in [1.82, 2.24) is 8.75 Å². The summed E-state index contributed by atoms with van der Waals surface area (Å²) in [4.78, 5) is 0. The molecular weight excluding hydrogens is 270 g/mol. The maximum absolute atomic E-state index is 5.85. The number of benzene rings is 1. The van der Waals surface area contributed by atoms with Crippen LogP contribution in [0.4, 0.5) is 5.82 Å². The minimum atomic E-state index is 0.104. The fourth-order valence-corrected chi connectivity index (χ4v) is 2.05. The summed E-state index contributed by atoms with van der Waals surface area (Å²) in [7, 11) is 0. The second-order valence-electron chi connectivity index (χ2n) is 4.07. The Morgan fingerprint density at radius 2 is 2.06 bits per heavy atom. The molecule has 0 aliphatic carbocycles. The van der Waals surface area contributed by atoms with Crippen LogP contribution < -0.4 is 10.1 Å². The van der Waals surface area contributed by atoms with E-state index in [4.69, 9.17) is 16.3 Å². The van der Waals surface area contributed by atoms with Gasteiger partial charge >= 0.3 is 0 Å². The Morgan fingerprint density at radius 1 is 1.33 bits per heavy atom. The van der Waals surface area contributed by atoms with E-state index in [0.29, 0.717) is 17.6 Å². The van der Waals surface area contributed by atoms with Crippen LogP contribution in [-0.4, -0.2) is 21.4 Å². The zero-order chi connectivity index (χ0) is 13.0. The lowest BCUT2D eigenvalue weighted by atomic mass is 10.2. The first-order valence-electron chi connectivity index (χ1n) is 5.59. The zero-order valence-electron chi connectivity index (χ0n) is 10.2. The van der Waals surface area contributed by atoms with Crippen LogP contribution in [0.3, 0.4) is 0 Å². The van der Waals surface area contributed by atoms with Gasteiger partial charge in [0.1, 0.15) is 12.4 Å². The van der Waals surface area contributed by atoms with Crippen LogP contribution >= 0.6 is 23.3 Å². The quantitative estimate of drug-likeness (QED) is 0.914. The Hall–Kier alpha value is -1.33. The van der Waals surface area contributed by atoms with Gasteiger partial charge in [-0.15, -0.1) is 0 Å². The number of hydrogen-bond donors (Lipinski definition) is 1. The number of aryl methyl sites for hydroxylation is 1. The third kappa shape index (κ3) is 3.58. The van der Waals surface area contributed by atoms with Crippen molar-refractivity contribution in [2.45, 2.75) is 19.9 Å². The summed E-state index contributed by atoms with van der Waals surface area (Å²) in [6, 6.07) is 8.06. The van der Waals surface area contributed by atoms with Crippen molar-refractivity contribution in [2.24, 2.45) is 0 Å². The Morgan fingerprint density at radius 3 is 2.67 bits per heavy atom. The number of ether oxygens (including phenoxy) is 1. The number of nitrogens with zero attached hydrogens (tertiary/aromatic N) is 2. The van der Waals surface area contributed by atoms with Crippen LogP contribution in [0.1, 0.15) is 12.5 Å². The van der Waals surface area contributed by atoms with Gasteiger partial charge < -0.3 is 10.1 Å². The second kappa shape index (κ2) is 6.02. The first kappa shape index (κ1) is 13.1. The summed E-state index contributed by atoms with van der Waals surface area (Å²) < 4.78 is 13.6. The smallest absolute Gasteiger partial charge is 0.186 e. The van der Waals surface area contributed by atoms with E-state index in [1.165, 1.54) is 5.56 Å². The fraction of sp³-hybridized carbons (Fsp3) is 0.333. The zero-order valence-corrected chi connectivity index (χ0v) is 11.8. The van der Waals surface area contributed by atoms with Crippen molar-refractivity contribution in [1.29, 1.82) is 0 Å². The van der Waals surface area contributed by atoms with Crippen molar-refractivity contribution in [3.63, 3.8) is 0 Å². The van der Waals surface area contributed by atoms with Crippen LogP contribution in [0, 0.1) is 6.92 Å². The predicted molar refractivity (Wildman–Crippen MR) is 74.7 cm³/mol. The molecular formula is C12H14ClN3OS. The molecule has 1 atom stereocenters. The van der Waals surface area contributed by atoms with Crippen LogP contribution in [-0.2, 0) is 0 Å². The highest BCUT2D eigenvalue weighted by atomic mass is 35.5. The van der Waals surface area contributed by atoms with Gasteiger partial charge in [0.15, 0.2) is 11.0 Å².